The van der Waals surface area contributed by atoms with Gasteiger partial charge >= 0.3 is 5.97 Å². The SMILES string of the molecule is CCOc1ccccc1NC(=O)COC(=O)CCS(=O)(=O)c1ccc(Cl)cc1. The molecule has 0 bridgehead atoms. The Morgan fingerprint density at radius 1 is 1.07 bits per heavy atom. The number of benzene rings is 2. The van der Waals surface area contributed by atoms with Crippen molar-refractivity contribution in [3.63, 3.8) is 0 Å². The maximum absolute atomic E-state index is 12.2. The number of amides is 1. The summed E-state index contributed by atoms with van der Waals surface area (Å²) >= 11 is 5.73. The topological polar surface area (TPSA) is 98.8 Å². The molecule has 2 aromatic carbocycles. The van der Waals surface area contributed by atoms with Gasteiger partial charge in [-0.15, -0.1) is 0 Å². The summed E-state index contributed by atoms with van der Waals surface area (Å²) in [6.45, 7) is 1.72. The monoisotopic (exact) mass is 425 g/mol. The number of hydrogen-bond donors (Lipinski definition) is 1. The summed E-state index contributed by atoms with van der Waals surface area (Å²) < 4.78 is 34.6. The number of anilines is 1. The number of nitrogens with one attached hydrogen (secondary N) is 1. The first-order chi connectivity index (χ1) is 13.3. The van der Waals surface area contributed by atoms with Gasteiger partial charge in [0.1, 0.15) is 5.75 Å². The lowest BCUT2D eigenvalue weighted by Gasteiger charge is -2.11. The molecule has 0 aliphatic carbocycles. The van der Waals surface area contributed by atoms with E-state index < -0.39 is 34.1 Å². The van der Waals surface area contributed by atoms with Gasteiger partial charge in [0.15, 0.2) is 16.4 Å². The number of ether oxygens (including phenoxy) is 2. The Balaban J connectivity index is 1.82. The van der Waals surface area contributed by atoms with Gasteiger partial charge in [-0.05, 0) is 43.3 Å². The zero-order chi connectivity index (χ0) is 20.6. The van der Waals surface area contributed by atoms with Crippen LogP contribution in [0.25, 0.3) is 0 Å². The van der Waals surface area contributed by atoms with Crippen LogP contribution < -0.4 is 10.1 Å². The van der Waals surface area contributed by atoms with Gasteiger partial charge in [-0.3, -0.25) is 9.59 Å². The summed E-state index contributed by atoms with van der Waals surface area (Å²) in [5.74, 6) is -1.27. The average Bonchev–Trinajstić information content (AvgIpc) is 2.67. The van der Waals surface area contributed by atoms with Crippen molar-refractivity contribution in [2.45, 2.75) is 18.2 Å². The molecule has 150 valence electrons. The van der Waals surface area contributed by atoms with Crippen molar-refractivity contribution in [1.29, 1.82) is 0 Å². The van der Waals surface area contributed by atoms with Crippen LogP contribution >= 0.6 is 11.6 Å². The molecular weight excluding hydrogens is 406 g/mol. The van der Waals surface area contributed by atoms with E-state index in [-0.39, 0.29) is 11.3 Å². The molecule has 2 aromatic rings. The maximum Gasteiger partial charge on any atom is 0.307 e. The fraction of sp³-hybridized carbons (Fsp3) is 0.263. The molecule has 9 heteroatoms. The minimum absolute atomic E-state index is 0.0648. The van der Waals surface area contributed by atoms with E-state index in [1.165, 1.54) is 24.3 Å². The van der Waals surface area contributed by atoms with E-state index in [0.29, 0.717) is 23.1 Å². The predicted octanol–water partition coefficient (Wildman–Crippen LogP) is 3.08. The second kappa shape index (κ2) is 10.1. The molecular formula is C19H20ClNO6S. The zero-order valence-electron chi connectivity index (χ0n) is 15.2. The van der Waals surface area contributed by atoms with Crippen molar-refractivity contribution in [3.8, 4) is 5.75 Å². The van der Waals surface area contributed by atoms with E-state index in [9.17, 15) is 18.0 Å². The predicted molar refractivity (Wildman–Crippen MR) is 105 cm³/mol. The number of carbonyl (C=O) groups is 2. The van der Waals surface area contributed by atoms with Crippen LogP contribution in [0.1, 0.15) is 13.3 Å². The molecule has 2 rings (SSSR count). The molecule has 28 heavy (non-hydrogen) atoms. The van der Waals surface area contributed by atoms with Crippen molar-refractivity contribution >= 4 is 39.0 Å². The van der Waals surface area contributed by atoms with Gasteiger partial charge in [0.25, 0.3) is 5.91 Å². The summed E-state index contributed by atoms with van der Waals surface area (Å²) in [6, 6.07) is 12.5. The fourth-order valence-corrected chi connectivity index (χ4v) is 3.58. The Bertz CT molecular complexity index is 928. The Hall–Kier alpha value is -2.58. The molecule has 0 heterocycles. The largest absolute Gasteiger partial charge is 0.492 e. The molecule has 0 radical (unpaired) electrons. The van der Waals surface area contributed by atoms with E-state index in [1.54, 1.807) is 24.3 Å². The van der Waals surface area contributed by atoms with Crippen molar-refractivity contribution in [1.82, 2.24) is 0 Å². The third-order valence-electron chi connectivity index (χ3n) is 3.57. The summed E-state index contributed by atoms with van der Waals surface area (Å²) in [4.78, 5) is 23.8. The first-order valence-corrected chi connectivity index (χ1v) is 10.5. The van der Waals surface area contributed by atoms with Gasteiger partial charge in [0.05, 0.1) is 29.4 Å². The fourth-order valence-electron chi connectivity index (χ4n) is 2.23. The number of esters is 1. The zero-order valence-corrected chi connectivity index (χ0v) is 16.8. The Kier molecular flexibility index (Phi) is 7.83. The molecule has 0 saturated heterocycles. The minimum Gasteiger partial charge on any atom is -0.492 e. The van der Waals surface area contributed by atoms with Crippen LogP contribution in [0.2, 0.25) is 5.02 Å². The first kappa shape index (κ1) is 21.7. The van der Waals surface area contributed by atoms with Crippen molar-refractivity contribution in [3.05, 3.63) is 53.6 Å². The molecule has 0 fully saturated rings. The molecule has 0 unspecified atom stereocenters. The van der Waals surface area contributed by atoms with Crippen LogP contribution in [0, 0.1) is 0 Å². The van der Waals surface area contributed by atoms with Crippen molar-refractivity contribution in [2.24, 2.45) is 0 Å². The van der Waals surface area contributed by atoms with Crippen LogP contribution in [0.15, 0.2) is 53.4 Å². The van der Waals surface area contributed by atoms with Crippen LogP contribution in [0.5, 0.6) is 5.75 Å². The third kappa shape index (κ3) is 6.54. The molecule has 0 aliphatic heterocycles. The van der Waals surface area contributed by atoms with Crippen LogP contribution in [-0.2, 0) is 24.2 Å². The first-order valence-electron chi connectivity index (χ1n) is 8.47. The number of sulfone groups is 1. The Labute approximate surface area is 168 Å². The summed E-state index contributed by atoms with van der Waals surface area (Å²) in [7, 11) is -3.65. The highest BCUT2D eigenvalue weighted by Gasteiger charge is 2.18. The van der Waals surface area contributed by atoms with E-state index in [2.05, 4.69) is 5.32 Å². The highest BCUT2D eigenvalue weighted by molar-refractivity contribution is 7.91. The number of carbonyl (C=O) groups excluding carboxylic acids is 2. The Morgan fingerprint density at radius 3 is 2.43 bits per heavy atom. The van der Waals surface area contributed by atoms with Gasteiger partial charge in [-0.2, -0.15) is 0 Å². The summed E-state index contributed by atoms with van der Waals surface area (Å²) in [5, 5.41) is 2.99. The van der Waals surface area contributed by atoms with Crippen LogP contribution in [0.3, 0.4) is 0 Å². The number of hydrogen-bond acceptors (Lipinski definition) is 6. The van der Waals surface area contributed by atoms with Crippen molar-refractivity contribution in [2.75, 3.05) is 24.3 Å². The molecule has 0 spiro atoms. The standard InChI is InChI=1S/C19H20ClNO6S/c1-2-26-17-6-4-3-5-16(17)21-18(22)13-27-19(23)11-12-28(24,25)15-9-7-14(20)8-10-15/h3-10H,2,11-13H2,1H3,(H,21,22). The number of para-hydroxylation sites is 2. The molecule has 7 nitrogen and oxygen atoms in total. The maximum atomic E-state index is 12.2. The molecule has 1 N–H and O–H groups in total. The van der Waals surface area contributed by atoms with E-state index >= 15 is 0 Å². The van der Waals surface area contributed by atoms with Crippen molar-refractivity contribution < 1.29 is 27.5 Å². The highest BCUT2D eigenvalue weighted by Crippen LogP contribution is 2.23. The smallest absolute Gasteiger partial charge is 0.307 e. The molecule has 1 amide bonds. The van der Waals surface area contributed by atoms with Gasteiger partial charge in [0.2, 0.25) is 0 Å². The van der Waals surface area contributed by atoms with Gasteiger partial charge < -0.3 is 14.8 Å². The average molecular weight is 426 g/mol. The van der Waals surface area contributed by atoms with E-state index in [0.717, 1.165) is 0 Å². The summed E-state index contributed by atoms with van der Waals surface area (Å²) in [5.41, 5.74) is 0.454. The van der Waals surface area contributed by atoms with Gasteiger partial charge in [-0.25, -0.2) is 8.42 Å². The van der Waals surface area contributed by atoms with Crippen LogP contribution in [-0.4, -0.2) is 39.3 Å². The lowest BCUT2D eigenvalue weighted by molar-refractivity contribution is -0.146. The number of rotatable bonds is 9. The quantitative estimate of drug-likeness (QED) is 0.620. The minimum atomic E-state index is -3.65. The highest BCUT2D eigenvalue weighted by atomic mass is 35.5. The van der Waals surface area contributed by atoms with Gasteiger partial charge in [-0.1, -0.05) is 23.7 Å². The summed E-state index contributed by atoms with van der Waals surface area (Å²) in [6.07, 6.45) is -0.367. The molecule has 0 aromatic heterocycles. The number of halogens is 1. The normalized spacial score (nSPS) is 10.9. The van der Waals surface area contributed by atoms with Gasteiger partial charge in [0, 0.05) is 5.02 Å². The lowest BCUT2D eigenvalue weighted by Crippen LogP contribution is -2.22. The second-order valence-corrected chi connectivity index (χ2v) is 8.21. The van der Waals surface area contributed by atoms with E-state index in [4.69, 9.17) is 21.1 Å². The molecule has 0 atom stereocenters. The third-order valence-corrected chi connectivity index (χ3v) is 5.56. The molecule has 0 saturated carbocycles. The van der Waals surface area contributed by atoms with E-state index in [1.807, 2.05) is 6.92 Å². The van der Waals surface area contributed by atoms with Crippen LogP contribution in [0.4, 0.5) is 5.69 Å². The Morgan fingerprint density at radius 2 is 1.75 bits per heavy atom. The second-order valence-electron chi connectivity index (χ2n) is 5.66. The molecule has 0 aliphatic rings. The lowest BCUT2D eigenvalue weighted by atomic mass is 10.3.